The van der Waals surface area contributed by atoms with Crippen LogP contribution in [0.15, 0.2) is 24.3 Å². The first-order chi connectivity index (χ1) is 8.28. The van der Waals surface area contributed by atoms with Crippen molar-refractivity contribution in [1.29, 1.82) is 0 Å². The predicted octanol–water partition coefficient (Wildman–Crippen LogP) is 1.90. The molecule has 92 valence electrons. The SMILES string of the molecule is NNC(c1ccc(F)cc1)C1CC2CCC1O2. The zero-order chi connectivity index (χ0) is 11.8. The smallest absolute Gasteiger partial charge is 0.123 e. The average molecular weight is 236 g/mol. The predicted molar refractivity (Wildman–Crippen MR) is 62.5 cm³/mol. The second kappa shape index (κ2) is 4.37. The summed E-state index contributed by atoms with van der Waals surface area (Å²) in [5.74, 6) is 5.85. The molecule has 0 aliphatic carbocycles. The third kappa shape index (κ3) is 1.97. The van der Waals surface area contributed by atoms with Crippen LogP contribution < -0.4 is 11.3 Å². The highest BCUT2D eigenvalue weighted by Gasteiger charge is 2.44. The van der Waals surface area contributed by atoms with Crippen LogP contribution in [-0.4, -0.2) is 12.2 Å². The molecule has 3 N–H and O–H groups in total. The molecule has 2 bridgehead atoms. The molecule has 4 heteroatoms. The highest BCUT2D eigenvalue weighted by Crippen LogP contribution is 2.44. The van der Waals surface area contributed by atoms with Crippen molar-refractivity contribution in [2.24, 2.45) is 11.8 Å². The van der Waals surface area contributed by atoms with E-state index in [2.05, 4.69) is 5.43 Å². The number of rotatable bonds is 3. The summed E-state index contributed by atoms with van der Waals surface area (Å²) in [6.45, 7) is 0. The van der Waals surface area contributed by atoms with E-state index in [4.69, 9.17) is 10.6 Å². The molecule has 1 aromatic rings. The van der Waals surface area contributed by atoms with Gasteiger partial charge >= 0.3 is 0 Å². The average Bonchev–Trinajstić information content (AvgIpc) is 2.95. The monoisotopic (exact) mass is 236 g/mol. The van der Waals surface area contributed by atoms with E-state index < -0.39 is 0 Å². The van der Waals surface area contributed by atoms with Gasteiger partial charge in [0.15, 0.2) is 0 Å². The Morgan fingerprint density at radius 3 is 2.59 bits per heavy atom. The first-order valence-electron chi connectivity index (χ1n) is 6.15. The molecular weight excluding hydrogens is 219 g/mol. The molecular formula is C13H17FN2O. The maximum absolute atomic E-state index is 12.9. The zero-order valence-electron chi connectivity index (χ0n) is 9.60. The van der Waals surface area contributed by atoms with Crippen molar-refractivity contribution in [3.63, 3.8) is 0 Å². The molecule has 0 aromatic heterocycles. The van der Waals surface area contributed by atoms with E-state index in [1.807, 2.05) is 0 Å². The second-order valence-electron chi connectivity index (χ2n) is 4.97. The van der Waals surface area contributed by atoms with Crippen LogP contribution in [0.4, 0.5) is 4.39 Å². The lowest BCUT2D eigenvalue weighted by atomic mass is 9.81. The molecule has 2 fully saturated rings. The van der Waals surface area contributed by atoms with Crippen LogP contribution in [0.1, 0.15) is 30.9 Å². The molecule has 1 aromatic carbocycles. The van der Waals surface area contributed by atoms with Gasteiger partial charge in [0.05, 0.1) is 18.2 Å². The fraction of sp³-hybridized carbons (Fsp3) is 0.538. The van der Waals surface area contributed by atoms with Crippen molar-refractivity contribution in [1.82, 2.24) is 5.43 Å². The molecule has 3 rings (SSSR count). The van der Waals surface area contributed by atoms with Crippen molar-refractivity contribution < 1.29 is 9.13 Å². The number of hydrogen-bond donors (Lipinski definition) is 2. The molecule has 2 saturated heterocycles. The largest absolute Gasteiger partial charge is 0.375 e. The van der Waals surface area contributed by atoms with Crippen molar-refractivity contribution in [2.45, 2.75) is 37.5 Å². The number of ether oxygens (including phenoxy) is 1. The first-order valence-corrected chi connectivity index (χ1v) is 6.15. The van der Waals surface area contributed by atoms with Crippen LogP contribution in [0.2, 0.25) is 0 Å². The third-order valence-corrected chi connectivity index (χ3v) is 3.99. The number of fused-ring (bicyclic) bond motifs is 2. The lowest BCUT2D eigenvalue weighted by molar-refractivity contribution is 0.0857. The highest BCUT2D eigenvalue weighted by molar-refractivity contribution is 5.21. The van der Waals surface area contributed by atoms with Crippen LogP contribution in [0.5, 0.6) is 0 Å². The minimum atomic E-state index is -0.214. The topological polar surface area (TPSA) is 47.3 Å². The summed E-state index contributed by atoms with van der Waals surface area (Å²) in [5, 5.41) is 0. The van der Waals surface area contributed by atoms with Gasteiger partial charge in [0.1, 0.15) is 5.82 Å². The Balaban J connectivity index is 1.81. The molecule has 0 amide bonds. The van der Waals surface area contributed by atoms with E-state index >= 15 is 0 Å². The van der Waals surface area contributed by atoms with Gasteiger partial charge in [0, 0.05) is 5.92 Å². The minimum Gasteiger partial charge on any atom is -0.375 e. The molecule has 0 saturated carbocycles. The summed E-state index contributed by atoms with van der Waals surface area (Å²) in [6.07, 6.45) is 4.06. The molecule has 4 atom stereocenters. The fourth-order valence-corrected chi connectivity index (χ4v) is 3.17. The second-order valence-corrected chi connectivity index (χ2v) is 4.97. The molecule has 17 heavy (non-hydrogen) atoms. The van der Waals surface area contributed by atoms with Gasteiger partial charge in [-0.1, -0.05) is 12.1 Å². The van der Waals surface area contributed by atoms with Gasteiger partial charge in [0.2, 0.25) is 0 Å². The molecule has 0 radical (unpaired) electrons. The van der Waals surface area contributed by atoms with Crippen LogP contribution >= 0.6 is 0 Å². The molecule has 2 heterocycles. The number of nitrogens with one attached hydrogen (secondary N) is 1. The zero-order valence-corrected chi connectivity index (χ0v) is 9.60. The van der Waals surface area contributed by atoms with E-state index in [9.17, 15) is 4.39 Å². The van der Waals surface area contributed by atoms with Gasteiger partial charge < -0.3 is 4.74 Å². The molecule has 2 aliphatic rings. The van der Waals surface area contributed by atoms with E-state index in [-0.39, 0.29) is 11.9 Å². The molecule has 0 spiro atoms. The van der Waals surface area contributed by atoms with Crippen LogP contribution in [0.25, 0.3) is 0 Å². The Labute approximate surface area is 100 Å². The Hall–Kier alpha value is -0.970. The quantitative estimate of drug-likeness (QED) is 0.622. The summed E-state index contributed by atoms with van der Waals surface area (Å²) >= 11 is 0. The minimum absolute atomic E-state index is 0.0610. The van der Waals surface area contributed by atoms with Gasteiger partial charge in [-0.2, -0.15) is 0 Å². The van der Waals surface area contributed by atoms with Gasteiger partial charge in [-0.15, -0.1) is 0 Å². The Morgan fingerprint density at radius 2 is 2.06 bits per heavy atom. The van der Waals surface area contributed by atoms with E-state index in [1.165, 1.54) is 18.6 Å². The van der Waals surface area contributed by atoms with Crippen molar-refractivity contribution in [3.8, 4) is 0 Å². The normalized spacial score (nSPS) is 32.9. The summed E-state index contributed by atoms with van der Waals surface area (Å²) in [6, 6.07) is 6.62. The van der Waals surface area contributed by atoms with E-state index in [1.54, 1.807) is 12.1 Å². The lowest BCUT2D eigenvalue weighted by Crippen LogP contribution is -2.37. The number of hydrazine groups is 1. The van der Waals surface area contributed by atoms with E-state index in [0.29, 0.717) is 18.1 Å². The van der Waals surface area contributed by atoms with Crippen LogP contribution in [0.3, 0.4) is 0 Å². The lowest BCUT2D eigenvalue weighted by Gasteiger charge is -2.28. The van der Waals surface area contributed by atoms with Gasteiger partial charge in [-0.25, -0.2) is 4.39 Å². The third-order valence-electron chi connectivity index (χ3n) is 3.99. The maximum atomic E-state index is 12.9. The van der Waals surface area contributed by atoms with Crippen LogP contribution in [0, 0.1) is 11.7 Å². The summed E-state index contributed by atoms with van der Waals surface area (Å²) < 4.78 is 18.7. The summed E-state index contributed by atoms with van der Waals surface area (Å²) in [7, 11) is 0. The van der Waals surface area contributed by atoms with E-state index in [0.717, 1.165) is 18.4 Å². The Morgan fingerprint density at radius 1 is 1.29 bits per heavy atom. The number of hydrogen-bond acceptors (Lipinski definition) is 3. The Kier molecular flexibility index (Phi) is 2.86. The Bertz CT molecular complexity index is 395. The van der Waals surface area contributed by atoms with Crippen molar-refractivity contribution in [2.75, 3.05) is 0 Å². The number of halogens is 1. The van der Waals surface area contributed by atoms with Gasteiger partial charge in [-0.3, -0.25) is 11.3 Å². The standard InChI is InChI=1S/C13H17FN2O/c14-9-3-1-8(2-4-9)13(16-15)11-7-10-5-6-12(11)17-10/h1-4,10-13,16H,5-7,15H2. The van der Waals surface area contributed by atoms with Crippen molar-refractivity contribution >= 4 is 0 Å². The number of benzene rings is 1. The van der Waals surface area contributed by atoms with Gasteiger partial charge in [0.25, 0.3) is 0 Å². The maximum Gasteiger partial charge on any atom is 0.123 e. The van der Waals surface area contributed by atoms with Crippen LogP contribution in [-0.2, 0) is 4.74 Å². The first kappa shape index (κ1) is 11.1. The van der Waals surface area contributed by atoms with Crippen molar-refractivity contribution in [3.05, 3.63) is 35.6 Å². The molecule has 4 unspecified atom stereocenters. The summed E-state index contributed by atoms with van der Waals surface area (Å²) in [5.41, 5.74) is 3.90. The molecule has 3 nitrogen and oxygen atoms in total. The highest BCUT2D eigenvalue weighted by atomic mass is 19.1. The fourth-order valence-electron chi connectivity index (χ4n) is 3.17. The summed E-state index contributed by atoms with van der Waals surface area (Å²) in [4.78, 5) is 0. The molecule has 2 aliphatic heterocycles. The number of nitrogens with two attached hydrogens (primary N) is 1. The van der Waals surface area contributed by atoms with Gasteiger partial charge in [-0.05, 0) is 37.0 Å².